The third-order valence-corrected chi connectivity index (χ3v) is 4.82. The fourth-order valence-electron chi connectivity index (χ4n) is 3.17. The van der Waals surface area contributed by atoms with E-state index in [0.29, 0.717) is 27.7 Å². The Morgan fingerprint density at radius 3 is 2.28 bits per heavy atom. The summed E-state index contributed by atoms with van der Waals surface area (Å²) in [5.74, 6) is -0.0879. The van der Waals surface area contributed by atoms with Crippen LogP contribution in [0.2, 0.25) is 5.02 Å². The molecule has 7 heteroatoms. The van der Waals surface area contributed by atoms with E-state index in [-0.39, 0.29) is 11.8 Å². The highest BCUT2D eigenvalue weighted by atomic mass is 35.5. The molecule has 2 amide bonds. The van der Waals surface area contributed by atoms with Crippen LogP contribution in [0.4, 0.5) is 11.4 Å². The maximum Gasteiger partial charge on any atom is 0.257 e. The quantitative estimate of drug-likeness (QED) is 0.622. The summed E-state index contributed by atoms with van der Waals surface area (Å²) >= 11 is 6.30. The number of hydrogen-bond acceptors (Lipinski definition) is 3. The molecule has 2 aromatic carbocycles. The minimum absolute atomic E-state index is 0.236. The predicted octanol–water partition coefficient (Wildman–Crippen LogP) is 4.97. The number of carbonyl (C=O) groups is 2. The maximum absolute atomic E-state index is 12.9. The van der Waals surface area contributed by atoms with E-state index in [9.17, 15) is 9.59 Å². The van der Waals surface area contributed by atoms with Crippen LogP contribution in [-0.4, -0.2) is 23.5 Å². The molecule has 29 heavy (non-hydrogen) atoms. The van der Waals surface area contributed by atoms with Crippen molar-refractivity contribution >= 4 is 34.8 Å². The third-order valence-electron chi connectivity index (χ3n) is 4.49. The van der Waals surface area contributed by atoms with Crippen LogP contribution in [0.15, 0.2) is 48.5 Å². The Balaban J connectivity index is 1.91. The van der Waals surface area contributed by atoms with Gasteiger partial charge in [0.15, 0.2) is 0 Å². The summed E-state index contributed by atoms with van der Waals surface area (Å²) < 4.78 is 7.29. The Morgan fingerprint density at radius 1 is 0.966 bits per heavy atom. The molecule has 0 radical (unpaired) electrons. The normalized spacial score (nSPS) is 10.5. The van der Waals surface area contributed by atoms with Crippen molar-refractivity contribution in [3.8, 4) is 11.4 Å². The van der Waals surface area contributed by atoms with Crippen molar-refractivity contribution in [2.45, 2.75) is 20.8 Å². The molecule has 0 unspecified atom stereocenters. The van der Waals surface area contributed by atoms with E-state index in [1.807, 2.05) is 32.0 Å². The number of halogens is 1. The number of hydrogen-bond donors (Lipinski definition) is 2. The van der Waals surface area contributed by atoms with Gasteiger partial charge in [-0.2, -0.15) is 0 Å². The molecule has 2 N–H and O–H groups in total. The van der Waals surface area contributed by atoms with E-state index < -0.39 is 0 Å². The zero-order valence-electron chi connectivity index (χ0n) is 16.7. The van der Waals surface area contributed by atoms with Crippen LogP contribution in [0.5, 0.6) is 5.75 Å². The van der Waals surface area contributed by atoms with Gasteiger partial charge in [-0.1, -0.05) is 11.6 Å². The Kier molecular flexibility index (Phi) is 5.94. The number of nitrogens with one attached hydrogen (secondary N) is 2. The molecule has 1 aromatic heterocycles. The van der Waals surface area contributed by atoms with Crippen molar-refractivity contribution in [2.24, 2.45) is 0 Å². The summed E-state index contributed by atoms with van der Waals surface area (Å²) in [6, 6.07) is 14.4. The van der Waals surface area contributed by atoms with E-state index >= 15 is 0 Å². The summed E-state index contributed by atoms with van der Waals surface area (Å²) in [5.41, 5.74) is 4.31. The molecular formula is C22H22ClN3O3. The number of rotatable bonds is 5. The van der Waals surface area contributed by atoms with Gasteiger partial charge in [-0.3, -0.25) is 9.59 Å². The molecule has 0 saturated carbocycles. The molecule has 0 aliphatic heterocycles. The largest absolute Gasteiger partial charge is 0.495 e. The van der Waals surface area contributed by atoms with Gasteiger partial charge in [0.05, 0.1) is 23.4 Å². The van der Waals surface area contributed by atoms with Crippen molar-refractivity contribution < 1.29 is 14.3 Å². The zero-order chi connectivity index (χ0) is 21.1. The summed E-state index contributed by atoms with van der Waals surface area (Å²) in [5, 5.41) is 5.86. The van der Waals surface area contributed by atoms with Crippen LogP contribution in [0.3, 0.4) is 0 Å². The first-order chi connectivity index (χ1) is 13.8. The van der Waals surface area contributed by atoms with Crippen LogP contribution in [0.1, 0.15) is 28.7 Å². The number of aromatic nitrogens is 1. The number of amides is 2. The second-order valence-corrected chi connectivity index (χ2v) is 7.07. The van der Waals surface area contributed by atoms with E-state index in [1.165, 1.54) is 14.0 Å². The minimum Gasteiger partial charge on any atom is -0.495 e. The maximum atomic E-state index is 12.9. The van der Waals surface area contributed by atoms with Crippen molar-refractivity contribution in [3.63, 3.8) is 0 Å². The van der Waals surface area contributed by atoms with Gasteiger partial charge in [-0.15, -0.1) is 0 Å². The van der Waals surface area contributed by atoms with Crippen LogP contribution in [0.25, 0.3) is 5.69 Å². The van der Waals surface area contributed by atoms with E-state index in [0.717, 1.165) is 17.1 Å². The lowest BCUT2D eigenvalue weighted by Gasteiger charge is -2.14. The highest BCUT2D eigenvalue weighted by molar-refractivity contribution is 6.34. The average Bonchev–Trinajstić information content (AvgIpc) is 3.00. The van der Waals surface area contributed by atoms with Crippen LogP contribution in [-0.2, 0) is 4.79 Å². The monoisotopic (exact) mass is 411 g/mol. The minimum atomic E-state index is -0.349. The Hall–Kier alpha value is -3.25. The van der Waals surface area contributed by atoms with Gasteiger partial charge in [-0.05, 0) is 62.4 Å². The summed E-state index contributed by atoms with van der Waals surface area (Å²) in [6.07, 6.45) is 0. The zero-order valence-corrected chi connectivity index (χ0v) is 17.4. The molecule has 0 aliphatic rings. The molecule has 0 aliphatic carbocycles. The number of benzene rings is 2. The van der Waals surface area contributed by atoms with E-state index in [1.54, 1.807) is 30.3 Å². The first-order valence-corrected chi connectivity index (χ1v) is 9.40. The number of ether oxygens (including phenoxy) is 1. The first-order valence-electron chi connectivity index (χ1n) is 9.02. The lowest BCUT2D eigenvalue weighted by molar-refractivity contribution is -0.114. The van der Waals surface area contributed by atoms with Gasteiger partial charge in [0.25, 0.3) is 5.91 Å². The number of anilines is 2. The summed E-state index contributed by atoms with van der Waals surface area (Å²) in [7, 11) is 1.51. The highest BCUT2D eigenvalue weighted by Crippen LogP contribution is 2.29. The van der Waals surface area contributed by atoms with E-state index in [2.05, 4.69) is 15.2 Å². The summed E-state index contributed by atoms with van der Waals surface area (Å²) in [4.78, 5) is 24.3. The molecule has 0 atom stereocenters. The summed E-state index contributed by atoms with van der Waals surface area (Å²) in [6.45, 7) is 5.41. The van der Waals surface area contributed by atoms with Gasteiger partial charge in [0, 0.05) is 29.7 Å². The second-order valence-electron chi connectivity index (χ2n) is 6.67. The Labute approximate surface area is 174 Å². The molecule has 3 rings (SSSR count). The van der Waals surface area contributed by atoms with Gasteiger partial charge in [-0.25, -0.2) is 0 Å². The average molecular weight is 412 g/mol. The van der Waals surface area contributed by atoms with Gasteiger partial charge in [0.1, 0.15) is 5.75 Å². The lowest BCUT2D eigenvalue weighted by atomic mass is 10.1. The van der Waals surface area contributed by atoms with Crippen molar-refractivity contribution in [2.75, 3.05) is 17.7 Å². The highest BCUT2D eigenvalue weighted by Gasteiger charge is 2.15. The second kappa shape index (κ2) is 8.41. The fourth-order valence-corrected chi connectivity index (χ4v) is 3.38. The number of carbonyl (C=O) groups excluding carboxylic acids is 2. The molecule has 3 aromatic rings. The number of methoxy groups -OCH3 is 1. The molecule has 0 spiro atoms. The Bertz CT molecular complexity index is 1070. The molecule has 6 nitrogen and oxygen atoms in total. The van der Waals surface area contributed by atoms with Crippen LogP contribution in [0, 0.1) is 13.8 Å². The molecule has 1 heterocycles. The molecule has 0 saturated heterocycles. The number of aryl methyl sites for hydroxylation is 2. The molecule has 0 fully saturated rings. The van der Waals surface area contributed by atoms with Crippen LogP contribution >= 0.6 is 11.6 Å². The molecular weight excluding hydrogens is 390 g/mol. The number of nitrogens with zero attached hydrogens (tertiary/aromatic N) is 1. The third kappa shape index (κ3) is 4.43. The SMILES string of the molecule is COc1ccc(NC(=O)c2cc(-n3c(C)ccc3C)ccc2Cl)cc1NC(C)=O. The Morgan fingerprint density at radius 2 is 1.66 bits per heavy atom. The molecule has 0 bridgehead atoms. The fraction of sp³-hybridized carbons (Fsp3) is 0.182. The van der Waals surface area contributed by atoms with Gasteiger partial charge in [0.2, 0.25) is 5.91 Å². The first kappa shape index (κ1) is 20.5. The smallest absolute Gasteiger partial charge is 0.257 e. The van der Waals surface area contributed by atoms with Crippen molar-refractivity contribution in [1.29, 1.82) is 0 Å². The van der Waals surface area contributed by atoms with Gasteiger partial charge < -0.3 is 19.9 Å². The van der Waals surface area contributed by atoms with Crippen molar-refractivity contribution in [3.05, 3.63) is 70.5 Å². The van der Waals surface area contributed by atoms with E-state index in [4.69, 9.17) is 16.3 Å². The standard InChI is InChI=1S/C22H22ClN3O3/c1-13-5-6-14(2)26(13)17-8-9-19(23)18(12-17)22(28)25-16-7-10-21(29-4)20(11-16)24-15(3)27/h5-12H,1-4H3,(H,24,27)(H,25,28). The predicted molar refractivity (Wildman–Crippen MR) is 116 cm³/mol. The van der Waals surface area contributed by atoms with Crippen molar-refractivity contribution in [1.82, 2.24) is 4.57 Å². The van der Waals surface area contributed by atoms with Gasteiger partial charge >= 0.3 is 0 Å². The molecule has 150 valence electrons. The van der Waals surface area contributed by atoms with Crippen LogP contribution < -0.4 is 15.4 Å². The lowest BCUT2D eigenvalue weighted by Crippen LogP contribution is -2.14. The topological polar surface area (TPSA) is 72.4 Å².